The highest BCUT2D eigenvalue weighted by Crippen LogP contribution is 2.63. The fourth-order valence-corrected chi connectivity index (χ4v) is 8.98. The number of nitrogens with one attached hydrogen (secondary N) is 1. The number of fused-ring (bicyclic) bond motifs is 6. The van der Waals surface area contributed by atoms with Crippen LogP contribution < -0.4 is 5.32 Å². The highest BCUT2D eigenvalue weighted by atomic mass is 16.5. The first-order valence-corrected chi connectivity index (χ1v) is 12.7. The molecule has 164 valence electrons. The van der Waals surface area contributed by atoms with Crippen LogP contribution in [0.3, 0.4) is 0 Å². The van der Waals surface area contributed by atoms with Crippen molar-refractivity contribution >= 4 is 5.78 Å². The van der Waals surface area contributed by atoms with E-state index >= 15 is 0 Å². The van der Waals surface area contributed by atoms with E-state index < -0.39 is 0 Å². The largest absolute Gasteiger partial charge is 0.365 e. The van der Waals surface area contributed by atoms with Crippen molar-refractivity contribution in [2.45, 2.75) is 96.8 Å². The molecule has 2 heterocycles. The molecule has 6 aliphatic rings. The molecular formula is C27H39NO2. The van der Waals surface area contributed by atoms with Crippen LogP contribution in [-0.2, 0) is 9.53 Å². The monoisotopic (exact) mass is 409 g/mol. The molecule has 4 aliphatic carbocycles. The fraction of sp³-hybridized carbons (Fsp3) is 0.815. The molecule has 9 unspecified atom stereocenters. The highest BCUT2D eigenvalue weighted by Gasteiger charge is 2.63. The van der Waals surface area contributed by atoms with E-state index in [9.17, 15) is 4.79 Å². The van der Waals surface area contributed by atoms with E-state index in [4.69, 9.17) is 4.74 Å². The Morgan fingerprint density at radius 1 is 1.20 bits per heavy atom. The smallest absolute Gasteiger partial charge is 0.163 e. The van der Waals surface area contributed by atoms with Gasteiger partial charge in [0.15, 0.2) is 5.78 Å². The van der Waals surface area contributed by atoms with E-state index in [1.54, 1.807) is 5.57 Å². The predicted octanol–water partition coefficient (Wildman–Crippen LogP) is 5.21. The standard InChI is InChI=1S/C27H39NO2/c1-15-13-21-24(28-14-15)17(3)27(30-21)12-10-19-20-9-8-18-7-5-6-11-26(18,4)23(20)25(29)22(19)16(27)2/h8,15,17,19-21,23-24,28H,5-7,9-14H2,1-4H3. The number of hydrogen-bond acceptors (Lipinski definition) is 3. The molecule has 4 fully saturated rings. The second kappa shape index (κ2) is 6.54. The molecule has 3 nitrogen and oxygen atoms in total. The summed E-state index contributed by atoms with van der Waals surface area (Å²) in [5, 5.41) is 3.80. The Morgan fingerprint density at radius 2 is 2.03 bits per heavy atom. The van der Waals surface area contributed by atoms with E-state index in [0.29, 0.717) is 41.6 Å². The number of rotatable bonds is 0. The van der Waals surface area contributed by atoms with Crippen molar-refractivity contribution < 1.29 is 9.53 Å². The average molecular weight is 410 g/mol. The second-order valence-corrected chi connectivity index (χ2v) is 11.9. The van der Waals surface area contributed by atoms with E-state index in [2.05, 4.69) is 39.1 Å². The Hall–Kier alpha value is -0.930. The maximum Gasteiger partial charge on any atom is 0.163 e. The summed E-state index contributed by atoms with van der Waals surface area (Å²) in [5.74, 6) is 2.84. The lowest BCUT2D eigenvalue weighted by Gasteiger charge is -2.47. The molecule has 0 amide bonds. The van der Waals surface area contributed by atoms with Crippen LogP contribution in [0.5, 0.6) is 0 Å². The lowest BCUT2D eigenvalue weighted by molar-refractivity contribution is -0.122. The zero-order chi connectivity index (χ0) is 20.8. The molecule has 0 radical (unpaired) electrons. The van der Waals surface area contributed by atoms with Gasteiger partial charge in [0.05, 0.1) is 11.7 Å². The number of allylic oxidation sites excluding steroid dienone is 3. The van der Waals surface area contributed by atoms with Gasteiger partial charge in [0.25, 0.3) is 0 Å². The summed E-state index contributed by atoms with van der Waals surface area (Å²) in [6.07, 6.45) is 12.4. The average Bonchev–Trinajstić information content (AvgIpc) is 3.17. The molecule has 9 atom stereocenters. The van der Waals surface area contributed by atoms with E-state index in [1.165, 1.54) is 36.8 Å². The van der Waals surface area contributed by atoms with Gasteiger partial charge in [-0.25, -0.2) is 0 Å². The highest BCUT2D eigenvalue weighted by molar-refractivity contribution is 6.02. The van der Waals surface area contributed by atoms with Gasteiger partial charge in [-0.2, -0.15) is 0 Å². The van der Waals surface area contributed by atoms with Crippen LogP contribution in [0.4, 0.5) is 0 Å². The van der Waals surface area contributed by atoms with Crippen LogP contribution in [0.1, 0.15) is 79.1 Å². The topological polar surface area (TPSA) is 38.3 Å². The minimum Gasteiger partial charge on any atom is -0.365 e. The first-order chi connectivity index (χ1) is 14.4. The summed E-state index contributed by atoms with van der Waals surface area (Å²) < 4.78 is 6.94. The molecule has 3 heteroatoms. The number of ketones is 1. The van der Waals surface area contributed by atoms with E-state index in [-0.39, 0.29) is 16.9 Å². The molecule has 2 saturated heterocycles. The molecule has 0 aromatic carbocycles. The fourth-order valence-electron chi connectivity index (χ4n) is 8.98. The van der Waals surface area contributed by atoms with Gasteiger partial charge in [0.1, 0.15) is 0 Å². The van der Waals surface area contributed by atoms with Crippen LogP contribution in [0, 0.1) is 35.0 Å². The van der Waals surface area contributed by atoms with Gasteiger partial charge in [-0.1, -0.05) is 38.8 Å². The van der Waals surface area contributed by atoms with Gasteiger partial charge in [0, 0.05) is 23.5 Å². The van der Waals surface area contributed by atoms with Gasteiger partial charge >= 0.3 is 0 Å². The SMILES string of the molecule is CC1=C2C(=O)C3C(CC=C4CCCCC43C)C2CCC12OC1CC(C)CNC1C2C. The van der Waals surface area contributed by atoms with E-state index in [1.807, 2.05) is 0 Å². The minimum atomic E-state index is -0.217. The van der Waals surface area contributed by atoms with Gasteiger partial charge in [-0.15, -0.1) is 0 Å². The third-order valence-corrected chi connectivity index (χ3v) is 10.6. The van der Waals surface area contributed by atoms with Crippen LogP contribution in [-0.4, -0.2) is 30.1 Å². The maximum atomic E-state index is 14.1. The molecule has 1 spiro atoms. The number of piperidine rings is 1. The number of ether oxygens (including phenoxy) is 1. The zero-order valence-electron chi connectivity index (χ0n) is 19.3. The van der Waals surface area contributed by atoms with Crippen molar-refractivity contribution in [1.82, 2.24) is 5.32 Å². The number of carbonyl (C=O) groups is 1. The van der Waals surface area contributed by atoms with Crippen molar-refractivity contribution in [2.24, 2.45) is 35.0 Å². The van der Waals surface area contributed by atoms with Crippen LogP contribution >= 0.6 is 0 Å². The van der Waals surface area contributed by atoms with Crippen molar-refractivity contribution in [3.63, 3.8) is 0 Å². The summed E-state index contributed by atoms with van der Waals surface area (Å²) in [6, 6.07) is 0.441. The Labute approximate surface area is 182 Å². The molecular weight excluding hydrogens is 370 g/mol. The van der Waals surface area contributed by atoms with Crippen LogP contribution in [0.25, 0.3) is 0 Å². The Kier molecular flexibility index (Phi) is 4.30. The molecule has 2 aliphatic heterocycles. The summed E-state index contributed by atoms with van der Waals surface area (Å²) in [6.45, 7) is 10.5. The van der Waals surface area contributed by atoms with E-state index in [0.717, 1.165) is 32.2 Å². The van der Waals surface area contributed by atoms with Gasteiger partial charge in [0.2, 0.25) is 0 Å². The molecule has 0 aromatic heterocycles. The molecule has 30 heavy (non-hydrogen) atoms. The van der Waals surface area contributed by atoms with Gasteiger partial charge in [-0.3, -0.25) is 4.79 Å². The Balaban J connectivity index is 1.40. The van der Waals surface area contributed by atoms with Gasteiger partial charge in [-0.05, 0) is 87.2 Å². The molecule has 6 rings (SSSR count). The first kappa shape index (κ1) is 19.7. The first-order valence-electron chi connectivity index (χ1n) is 12.7. The predicted molar refractivity (Wildman–Crippen MR) is 119 cm³/mol. The second-order valence-electron chi connectivity index (χ2n) is 11.9. The summed E-state index contributed by atoms with van der Waals surface area (Å²) in [7, 11) is 0. The lowest BCUT2D eigenvalue weighted by atomic mass is 9.57. The molecule has 0 aromatic rings. The molecule has 2 saturated carbocycles. The Bertz CT molecular complexity index is 842. The van der Waals surface area contributed by atoms with Gasteiger partial charge < -0.3 is 10.1 Å². The number of carbonyl (C=O) groups excluding carboxylic acids is 1. The Morgan fingerprint density at radius 3 is 2.87 bits per heavy atom. The van der Waals surface area contributed by atoms with Crippen LogP contribution in [0.2, 0.25) is 0 Å². The minimum absolute atomic E-state index is 0.114. The quantitative estimate of drug-likeness (QED) is 0.558. The third kappa shape index (κ3) is 2.37. The van der Waals surface area contributed by atoms with Crippen molar-refractivity contribution in [3.8, 4) is 0 Å². The zero-order valence-corrected chi connectivity index (χ0v) is 19.3. The van der Waals surface area contributed by atoms with Crippen molar-refractivity contribution in [3.05, 3.63) is 22.8 Å². The van der Waals surface area contributed by atoms with Crippen molar-refractivity contribution in [1.29, 1.82) is 0 Å². The summed E-state index contributed by atoms with van der Waals surface area (Å²) in [5.41, 5.74) is 4.02. The lowest BCUT2D eigenvalue weighted by Crippen LogP contribution is -2.49. The van der Waals surface area contributed by atoms with Crippen LogP contribution in [0.15, 0.2) is 22.8 Å². The third-order valence-electron chi connectivity index (χ3n) is 10.6. The summed E-state index contributed by atoms with van der Waals surface area (Å²) >= 11 is 0. The number of Topliss-reactive ketones (excluding diaryl/α,β-unsaturated/α-hetero) is 1. The maximum absolute atomic E-state index is 14.1. The van der Waals surface area contributed by atoms with Crippen molar-refractivity contribution in [2.75, 3.05) is 6.54 Å². The number of hydrogen-bond donors (Lipinski definition) is 1. The summed E-state index contributed by atoms with van der Waals surface area (Å²) in [4.78, 5) is 14.1. The normalized spacial score (nSPS) is 52.6. The molecule has 0 bridgehead atoms. The molecule has 1 N–H and O–H groups in total.